The number of nitrogens with zero attached hydrogens (tertiary/aromatic N) is 2. The van der Waals surface area contributed by atoms with Gasteiger partial charge in [0.15, 0.2) is 15.6 Å². The lowest BCUT2D eigenvalue weighted by atomic mass is 10.0. The topological polar surface area (TPSA) is 78.3 Å². The molecule has 8 heteroatoms. The second kappa shape index (κ2) is 5.60. The fourth-order valence-electron chi connectivity index (χ4n) is 2.15. The summed E-state index contributed by atoms with van der Waals surface area (Å²) in [4.78, 5) is 12.4. The first kappa shape index (κ1) is 14.5. The van der Waals surface area contributed by atoms with Gasteiger partial charge in [-0.15, -0.1) is 0 Å². The Balaban J connectivity index is 2.21. The highest BCUT2D eigenvalue weighted by Crippen LogP contribution is 2.26. The van der Waals surface area contributed by atoms with Gasteiger partial charge in [0, 0.05) is 13.0 Å². The van der Waals surface area contributed by atoms with E-state index >= 15 is 0 Å². The van der Waals surface area contributed by atoms with Gasteiger partial charge in [0.2, 0.25) is 0 Å². The standard InChI is InChI=1S/C11H15ClN2O4S/c1-18-4-3-14-10(9(12)6-13-14)11(15)8-2-5-19(16,17)7-8/h6,8H,2-5,7H2,1H3. The van der Waals surface area contributed by atoms with Gasteiger partial charge in [-0.05, 0) is 6.42 Å². The second-order valence-corrected chi connectivity index (χ2v) is 7.16. The predicted molar refractivity (Wildman–Crippen MR) is 70.2 cm³/mol. The minimum Gasteiger partial charge on any atom is -0.383 e. The quantitative estimate of drug-likeness (QED) is 0.752. The Kier molecular flexibility index (Phi) is 4.27. The van der Waals surface area contributed by atoms with Gasteiger partial charge in [0.1, 0.15) is 5.69 Å². The molecule has 0 radical (unpaired) electrons. The van der Waals surface area contributed by atoms with E-state index < -0.39 is 15.8 Å². The number of carbonyl (C=O) groups excluding carboxylic acids is 1. The largest absolute Gasteiger partial charge is 0.383 e. The van der Waals surface area contributed by atoms with Crippen molar-refractivity contribution in [1.29, 1.82) is 0 Å². The molecule has 6 nitrogen and oxygen atoms in total. The molecule has 106 valence electrons. The van der Waals surface area contributed by atoms with Crippen LogP contribution in [0.4, 0.5) is 0 Å². The number of methoxy groups -OCH3 is 1. The number of halogens is 1. The molecule has 1 fully saturated rings. The van der Waals surface area contributed by atoms with Gasteiger partial charge in [-0.1, -0.05) is 11.6 Å². The molecule has 0 saturated carbocycles. The van der Waals surface area contributed by atoms with Gasteiger partial charge in [-0.3, -0.25) is 9.48 Å². The third-order valence-corrected chi connectivity index (χ3v) is 5.18. The van der Waals surface area contributed by atoms with E-state index in [0.29, 0.717) is 19.6 Å². The van der Waals surface area contributed by atoms with Gasteiger partial charge >= 0.3 is 0 Å². The van der Waals surface area contributed by atoms with E-state index in [2.05, 4.69) is 5.10 Å². The molecule has 1 unspecified atom stereocenters. The van der Waals surface area contributed by atoms with E-state index in [4.69, 9.17) is 16.3 Å². The maximum absolute atomic E-state index is 12.4. The zero-order valence-electron chi connectivity index (χ0n) is 10.5. The fourth-order valence-corrected chi connectivity index (χ4v) is 4.13. The van der Waals surface area contributed by atoms with Crippen molar-refractivity contribution in [2.75, 3.05) is 25.2 Å². The summed E-state index contributed by atoms with van der Waals surface area (Å²) >= 11 is 5.97. The molecule has 0 bridgehead atoms. The smallest absolute Gasteiger partial charge is 0.186 e. The van der Waals surface area contributed by atoms with Gasteiger partial charge in [0.05, 0.1) is 35.9 Å². The number of Topliss-reactive ketones (excluding diaryl/α,β-unsaturated/α-hetero) is 1. The van der Waals surface area contributed by atoms with Crippen molar-refractivity contribution in [3.05, 3.63) is 16.9 Å². The molecule has 1 aromatic rings. The highest BCUT2D eigenvalue weighted by atomic mass is 35.5. The summed E-state index contributed by atoms with van der Waals surface area (Å²) < 4.78 is 29.3. The lowest BCUT2D eigenvalue weighted by Crippen LogP contribution is -2.21. The van der Waals surface area contributed by atoms with Crippen LogP contribution in [0.25, 0.3) is 0 Å². The van der Waals surface area contributed by atoms with Gasteiger partial charge in [0.25, 0.3) is 0 Å². The summed E-state index contributed by atoms with van der Waals surface area (Å²) in [5, 5.41) is 4.27. The molecule has 0 amide bonds. The van der Waals surface area contributed by atoms with E-state index in [-0.39, 0.29) is 28.0 Å². The van der Waals surface area contributed by atoms with Gasteiger partial charge in [-0.2, -0.15) is 5.10 Å². The van der Waals surface area contributed by atoms with Crippen LogP contribution in [-0.4, -0.2) is 49.2 Å². The lowest BCUT2D eigenvalue weighted by molar-refractivity contribution is 0.0919. The molecular formula is C11H15ClN2O4S. The van der Waals surface area contributed by atoms with Crippen molar-refractivity contribution < 1.29 is 17.9 Å². The molecule has 0 aliphatic carbocycles. The SMILES string of the molecule is COCCn1ncc(Cl)c1C(=O)C1CCS(=O)(=O)C1. The summed E-state index contributed by atoms with van der Waals surface area (Å²) in [5.74, 6) is -0.801. The highest BCUT2D eigenvalue weighted by molar-refractivity contribution is 7.91. The first-order valence-electron chi connectivity index (χ1n) is 5.89. The Labute approximate surface area is 116 Å². The molecule has 1 aliphatic rings. The predicted octanol–water partition coefficient (Wildman–Crippen LogP) is 0.800. The number of sulfone groups is 1. The molecule has 1 atom stereocenters. The Hall–Kier alpha value is -0.920. The van der Waals surface area contributed by atoms with Crippen LogP contribution in [0.3, 0.4) is 0 Å². The number of aromatic nitrogens is 2. The Morgan fingerprint density at radius 2 is 2.37 bits per heavy atom. The van der Waals surface area contributed by atoms with Crippen LogP contribution in [0.2, 0.25) is 5.02 Å². The first-order valence-corrected chi connectivity index (χ1v) is 8.09. The number of hydrogen-bond acceptors (Lipinski definition) is 5. The van der Waals surface area contributed by atoms with Crippen molar-refractivity contribution in [1.82, 2.24) is 9.78 Å². The minimum absolute atomic E-state index is 0.0627. The van der Waals surface area contributed by atoms with Crippen LogP contribution >= 0.6 is 11.6 Å². The van der Waals surface area contributed by atoms with Crippen LogP contribution in [0.5, 0.6) is 0 Å². The molecule has 0 N–H and O–H groups in total. The lowest BCUT2D eigenvalue weighted by Gasteiger charge is -2.10. The van der Waals surface area contributed by atoms with E-state index in [1.807, 2.05) is 0 Å². The van der Waals surface area contributed by atoms with Crippen LogP contribution in [0.15, 0.2) is 6.20 Å². The summed E-state index contributed by atoms with van der Waals surface area (Å²) in [6, 6.07) is 0. The summed E-state index contributed by atoms with van der Waals surface area (Å²) in [7, 11) is -1.54. The summed E-state index contributed by atoms with van der Waals surface area (Å²) in [6.07, 6.45) is 1.75. The number of ether oxygens (including phenoxy) is 1. The normalized spacial score (nSPS) is 21.7. The summed E-state index contributed by atoms with van der Waals surface area (Å²) in [5.41, 5.74) is 0.279. The molecule has 1 aromatic heterocycles. The zero-order chi connectivity index (χ0) is 14.0. The Morgan fingerprint density at radius 3 is 2.95 bits per heavy atom. The molecule has 2 rings (SSSR count). The van der Waals surface area contributed by atoms with Crippen molar-refractivity contribution in [2.45, 2.75) is 13.0 Å². The maximum Gasteiger partial charge on any atom is 0.186 e. The summed E-state index contributed by atoms with van der Waals surface area (Å²) in [6.45, 7) is 0.811. The van der Waals surface area contributed by atoms with Crippen molar-refractivity contribution >= 4 is 27.2 Å². The van der Waals surface area contributed by atoms with Crippen molar-refractivity contribution in [3.8, 4) is 0 Å². The van der Waals surface area contributed by atoms with E-state index in [1.165, 1.54) is 10.9 Å². The fraction of sp³-hybridized carbons (Fsp3) is 0.636. The van der Waals surface area contributed by atoms with E-state index in [1.54, 1.807) is 7.11 Å². The third-order valence-electron chi connectivity index (χ3n) is 3.14. The zero-order valence-corrected chi connectivity index (χ0v) is 12.1. The molecule has 19 heavy (non-hydrogen) atoms. The van der Waals surface area contributed by atoms with Crippen LogP contribution in [0.1, 0.15) is 16.9 Å². The Bertz CT molecular complexity index is 582. The second-order valence-electron chi connectivity index (χ2n) is 4.52. The average molecular weight is 307 g/mol. The Morgan fingerprint density at radius 1 is 1.63 bits per heavy atom. The van der Waals surface area contributed by atoms with Crippen LogP contribution in [0, 0.1) is 5.92 Å². The van der Waals surface area contributed by atoms with E-state index in [9.17, 15) is 13.2 Å². The first-order chi connectivity index (χ1) is 8.94. The van der Waals surface area contributed by atoms with Crippen molar-refractivity contribution in [3.63, 3.8) is 0 Å². The number of rotatable bonds is 5. The third kappa shape index (κ3) is 3.16. The number of hydrogen-bond donors (Lipinski definition) is 0. The molecular weight excluding hydrogens is 292 g/mol. The highest BCUT2D eigenvalue weighted by Gasteiger charge is 2.35. The maximum atomic E-state index is 12.4. The monoisotopic (exact) mass is 306 g/mol. The van der Waals surface area contributed by atoms with Gasteiger partial charge in [-0.25, -0.2) is 8.42 Å². The van der Waals surface area contributed by atoms with Crippen molar-refractivity contribution in [2.24, 2.45) is 5.92 Å². The average Bonchev–Trinajstić information content (AvgIpc) is 2.89. The van der Waals surface area contributed by atoms with Gasteiger partial charge < -0.3 is 4.74 Å². The molecule has 1 aliphatic heterocycles. The van der Waals surface area contributed by atoms with E-state index in [0.717, 1.165) is 0 Å². The van der Waals surface area contributed by atoms with Crippen LogP contribution in [-0.2, 0) is 21.1 Å². The minimum atomic E-state index is -3.09. The number of ketones is 1. The molecule has 1 saturated heterocycles. The molecule has 0 spiro atoms. The molecule has 2 heterocycles. The molecule has 0 aromatic carbocycles. The number of carbonyl (C=O) groups is 1. The van der Waals surface area contributed by atoms with Crippen LogP contribution < -0.4 is 0 Å².